The number of hydrogen-bond acceptors (Lipinski definition) is 3. The van der Waals surface area contributed by atoms with E-state index in [4.69, 9.17) is 0 Å². The van der Waals surface area contributed by atoms with Gasteiger partial charge in [0.25, 0.3) is 0 Å². The van der Waals surface area contributed by atoms with Crippen LogP contribution in [-0.2, 0) is 17.4 Å². The minimum atomic E-state index is -4.45. The highest BCUT2D eigenvalue weighted by Crippen LogP contribution is 2.29. The first kappa shape index (κ1) is 20.6. The normalized spacial score (nSPS) is 11.6. The molecule has 0 spiro atoms. The lowest BCUT2D eigenvalue weighted by Gasteiger charge is -2.10. The summed E-state index contributed by atoms with van der Waals surface area (Å²) in [6, 6.07) is 8.05. The van der Waals surface area contributed by atoms with Crippen molar-refractivity contribution >= 4 is 11.6 Å². The second-order valence-corrected chi connectivity index (χ2v) is 7.01. The zero-order valence-electron chi connectivity index (χ0n) is 16.6. The maximum Gasteiger partial charge on any atom is 0.417 e. The number of hydrogen-bond donors (Lipinski definition) is 1. The number of halogens is 3. The molecule has 0 aliphatic rings. The first-order chi connectivity index (χ1) is 13.6. The number of benzene rings is 1. The number of aromatic nitrogens is 3. The Morgan fingerprint density at radius 2 is 1.83 bits per heavy atom. The molecule has 3 rings (SSSR count). The number of alkyl halides is 3. The molecule has 8 heteroatoms. The van der Waals surface area contributed by atoms with Gasteiger partial charge in [0.05, 0.1) is 17.7 Å². The van der Waals surface area contributed by atoms with Gasteiger partial charge >= 0.3 is 6.18 Å². The van der Waals surface area contributed by atoms with E-state index in [2.05, 4.69) is 15.4 Å². The summed E-state index contributed by atoms with van der Waals surface area (Å²) in [7, 11) is 0. The predicted molar refractivity (Wildman–Crippen MR) is 104 cm³/mol. The SMILES string of the molecule is Cc1ccc(C)c(NC(=O)Cc2c(C)nn(-c3ccc(C(F)(F)F)cn3)c2C)c1. The number of nitrogens with zero attached hydrogens (tertiary/aromatic N) is 3. The van der Waals surface area contributed by atoms with Gasteiger partial charge in [-0.3, -0.25) is 4.79 Å². The van der Waals surface area contributed by atoms with Crippen LogP contribution < -0.4 is 5.32 Å². The summed E-state index contributed by atoms with van der Waals surface area (Å²) in [5, 5.41) is 7.27. The third-order valence-electron chi connectivity index (χ3n) is 4.74. The highest BCUT2D eigenvalue weighted by Gasteiger charge is 2.30. The van der Waals surface area contributed by atoms with E-state index in [1.807, 2.05) is 32.0 Å². The molecule has 5 nitrogen and oxygen atoms in total. The largest absolute Gasteiger partial charge is 0.417 e. The summed E-state index contributed by atoms with van der Waals surface area (Å²) < 4.78 is 39.7. The number of anilines is 1. The summed E-state index contributed by atoms with van der Waals surface area (Å²) in [5.41, 5.74) is 3.93. The van der Waals surface area contributed by atoms with Gasteiger partial charge in [0.1, 0.15) is 0 Å². The van der Waals surface area contributed by atoms with Crippen molar-refractivity contribution in [3.63, 3.8) is 0 Å². The van der Waals surface area contributed by atoms with Crippen LogP contribution in [0.25, 0.3) is 5.82 Å². The molecule has 0 radical (unpaired) electrons. The molecule has 152 valence electrons. The zero-order chi connectivity index (χ0) is 21.3. The number of nitrogens with one attached hydrogen (secondary N) is 1. The molecule has 1 aromatic carbocycles. The van der Waals surface area contributed by atoms with E-state index in [0.717, 1.165) is 34.6 Å². The Morgan fingerprint density at radius 3 is 2.45 bits per heavy atom. The van der Waals surface area contributed by atoms with Crippen LogP contribution in [-0.4, -0.2) is 20.7 Å². The summed E-state index contributed by atoms with van der Waals surface area (Å²) in [6.07, 6.45) is -3.57. The molecule has 0 saturated carbocycles. The van der Waals surface area contributed by atoms with Crippen LogP contribution in [0.1, 0.15) is 33.6 Å². The number of aryl methyl sites for hydroxylation is 3. The van der Waals surface area contributed by atoms with Crippen LogP contribution in [0.15, 0.2) is 36.5 Å². The molecule has 0 bridgehead atoms. The molecule has 0 unspecified atom stereocenters. The number of pyridine rings is 1. The first-order valence-corrected chi connectivity index (χ1v) is 9.02. The van der Waals surface area contributed by atoms with Crippen molar-refractivity contribution in [2.45, 2.75) is 40.3 Å². The molecule has 0 saturated heterocycles. The maximum absolute atomic E-state index is 12.7. The third-order valence-corrected chi connectivity index (χ3v) is 4.74. The van der Waals surface area contributed by atoms with Crippen LogP contribution in [0.5, 0.6) is 0 Å². The molecule has 0 fully saturated rings. The van der Waals surface area contributed by atoms with Gasteiger partial charge in [0, 0.05) is 23.1 Å². The smallest absolute Gasteiger partial charge is 0.326 e. The molecular formula is C21H21F3N4O. The van der Waals surface area contributed by atoms with Gasteiger partial charge in [-0.15, -0.1) is 0 Å². The molecule has 29 heavy (non-hydrogen) atoms. The molecule has 1 amide bonds. The lowest BCUT2D eigenvalue weighted by molar-refractivity contribution is -0.137. The number of amides is 1. The molecule has 2 aromatic heterocycles. The van der Waals surface area contributed by atoms with Crippen molar-refractivity contribution in [2.75, 3.05) is 5.32 Å². The van der Waals surface area contributed by atoms with Crippen LogP contribution in [0, 0.1) is 27.7 Å². The Kier molecular flexibility index (Phi) is 5.46. The van der Waals surface area contributed by atoms with Crippen molar-refractivity contribution in [1.82, 2.24) is 14.8 Å². The number of carbonyl (C=O) groups is 1. The Bertz CT molecular complexity index is 1050. The van der Waals surface area contributed by atoms with Gasteiger partial charge < -0.3 is 5.32 Å². The van der Waals surface area contributed by atoms with Crippen LogP contribution in [0.4, 0.5) is 18.9 Å². The van der Waals surface area contributed by atoms with Crippen LogP contribution >= 0.6 is 0 Å². The fraction of sp³-hybridized carbons (Fsp3) is 0.286. The van der Waals surface area contributed by atoms with E-state index >= 15 is 0 Å². The lowest BCUT2D eigenvalue weighted by atomic mass is 10.1. The highest BCUT2D eigenvalue weighted by atomic mass is 19.4. The molecule has 0 atom stereocenters. The van der Waals surface area contributed by atoms with Crippen molar-refractivity contribution in [2.24, 2.45) is 0 Å². The Morgan fingerprint density at radius 1 is 1.10 bits per heavy atom. The van der Waals surface area contributed by atoms with Gasteiger partial charge in [-0.2, -0.15) is 18.3 Å². The Hall–Kier alpha value is -3.16. The van der Waals surface area contributed by atoms with Gasteiger partial charge in [-0.1, -0.05) is 12.1 Å². The molecule has 0 aliphatic heterocycles. The van der Waals surface area contributed by atoms with Gasteiger partial charge in [-0.25, -0.2) is 9.67 Å². The van der Waals surface area contributed by atoms with Gasteiger partial charge in [-0.05, 0) is 57.0 Å². The monoisotopic (exact) mass is 402 g/mol. The van der Waals surface area contributed by atoms with Crippen LogP contribution in [0.3, 0.4) is 0 Å². The zero-order valence-corrected chi connectivity index (χ0v) is 16.6. The summed E-state index contributed by atoms with van der Waals surface area (Å²) in [4.78, 5) is 16.4. The van der Waals surface area contributed by atoms with E-state index in [1.54, 1.807) is 13.8 Å². The standard InChI is InChI=1S/C21H21F3N4O/c1-12-5-6-13(2)18(9-12)26-20(29)10-17-14(3)27-28(15(17)4)19-8-7-16(11-25-19)21(22,23)24/h5-9,11H,10H2,1-4H3,(H,26,29). The van der Waals surface area contributed by atoms with Gasteiger partial charge in [0.15, 0.2) is 5.82 Å². The Labute approximate surface area is 166 Å². The number of rotatable bonds is 4. The second kappa shape index (κ2) is 7.69. The molecule has 0 aliphatic carbocycles. The first-order valence-electron chi connectivity index (χ1n) is 9.02. The van der Waals surface area contributed by atoms with Crippen molar-refractivity contribution < 1.29 is 18.0 Å². The van der Waals surface area contributed by atoms with E-state index in [9.17, 15) is 18.0 Å². The third kappa shape index (κ3) is 4.47. The fourth-order valence-corrected chi connectivity index (χ4v) is 3.06. The minimum absolute atomic E-state index is 0.103. The van der Waals surface area contributed by atoms with E-state index in [1.165, 1.54) is 10.7 Å². The fourth-order valence-electron chi connectivity index (χ4n) is 3.06. The molecule has 1 N–H and O–H groups in total. The van der Waals surface area contributed by atoms with Gasteiger partial charge in [0.2, 0.25) is 5.91 Å². The lowest BCUT2D eigenvalue weighted by Crippen LogP contribution is -2.16. The predicted octanol–water partition coefficient (Wildman–Crippen LogP) is 4.70. The summed E-state index contributed by atoms with van der Waals surface area (Å²) >= 11 is 0. The number of carbonyl (C=O) groups excluding carboxylic acids is 1. The average molecular weight is 402 g/mol. The highest BCUT2D eigenvalue weighted by molar-refractivity contribution is 5.93. The van der Waals surface area contributed by atoms with Crippen molar-refractivity contribution in [3.8, 4) is 5.82 Å². The van der Waals surface area contributed by atoms with Crippen molar-refractivity contribution in [1.29, 1.82) is 0 Å². The van der Waals surface area contributed by atoms with E-state index < -0.39 is 11.7 Å². The Balaban J connectivity index is 1.82. The van der Waals surface area contributed by atoms with Crippen molar-refractivity contribution in [3.05, 3.63) is 70.2 Å². The summed E-state index contributed by atoms with van der Waals surface area (Å²) in [6.45, 7) is 7.39. The maximum atomic E-state index is 12.7. The second-order valence-electron chi connectivity index (χ2n) is 7.01. The topological polar surface area (TPSA) is 59.8 Å². The average Bonchev–Trinajstić information content (AvgIpc) is 2.92. The minimum Gasteiger partial charge on any atom is -0.326 e. The molecule has 2 heterocycles. The molecule has 3 aromatic rings. The van der Waals surface area contributed by atoms with Crippen LogP contribution in [0.2, 0.25) is 0 Å². The quantitative estimate of drug-likeness (QED) is 0.688. The molecular weight excluding hydrogens is 381 g/mol. The van der Waals surface area contributed by atoms with E-state index in [0.29, 0.717) is 11.4 Å². The van der Waals surface area contributed by atoms with E-state index in [-0.39, 0.29) is 18.1 Å². The summed E-state index contributed by atoms with van der Waals surface area (Å²) in [5.74, 6) is 0.0737.